The number of aliphatic hydroxyl groups is 1. The lowest BCUT2D eigenvalue weighted by atomic mass is 10.2. The van der Waals surface area contributed by atoms with Crippen molar-refractivity contribution in [2.45, 2.75) is 38.0 Å². The van der Waals surface area contributed by atoms with E-state index in [-0.39, 0.29) is 32.3 Å². The van der Waals surface area contributed by atoms with Crippen molar-refractivity contribution < 1.29 is 17.9 Å². The van der Waals surface area contributed by atoms with Gasteiger partial charge in [0.05, 0.1) is 25.0 Å². The van der Waals surface area contributed by atoms with Gasteiger partial charge in [0.1, 0.15) is 6.17 Å². The van der Waals surface area contributed by atoms with Gasteiger partial charge in [-0.15, -0.1) is 0 Å². The van der Waals surface area contributed by atoms with Crippen LogP contribution < -0.4 is 15.4 Å². The molecule has 1 aliphatic heterocycles. The van der Waals surface area contributed by atoms with Crippen molar-refractivity contribution in [3.8, 4) is 0 Å². The number of anilines is 2. The van der Waals surface area contributed by atoms with Crippen molar-refractivity contribution in [1.29, 1.82) is 0 Å². The minimum atomic E-state index is -3.73. The molecule has 13 heteroatoms. The zero-order valence-electron chi connectivity index (χ0n) is 16.9. The second-order valence-corrected chi connectivity index (χ2v) is 9.54. The highest BCUT2D eigenvalue weighted by Crippen LogP contribution is 2.34. The first-order valence-corrected chi connectivity index (χ1v) is 11.5. The predicted octanol–water partition coefficient (Wildman–Crippen LogP) is -0.165. The van der Waals surface area contributed by atoms with Gasteiger partial charge in [0.2, 0.25) is 5.95 Å². The number of aromatic nitrogens is 4. The zero-order valence-corrected chi connectivity index (χ0v) is 17.7. The van der Waals surface area contributed by atoms with Gasteiger partial charge >= 0.3 is 0 Å². The van der Waals surface area contributed by atoms with E-state index in [0.29, 0.717) is 28.8 Å². The molecule has 4 rings (SSSR count). The molecule has 0 spiro atoms. The highest BCUT2D eigenvalue weighted by molar-refractivity contribution is 7.87. The van der Waals surface area contributed by atoms with Crippen LogP contribution in [0.15, 0.2) is 6.33 Å². The molecule has 2 aromatic heterocycles. The van der Waals surface area contributed by atoms with Gasteiger partial charge in [0.15, 0.2) is 17.0 Å². The molecule has 1 saturated carbocycles. The summed E-state index contributed by atoms with van der Waals surface area (Å²) in [6.07, 6.45) is 2.26. The van der Waals surface area contributed by atoms with Crippen LogP contribution >= 0.6 is 0 Å². The Hall–Kier alpha value is -2.09. The van der Waals surface area contributed by atoms with Crippen LogP contribution in [0.4, 0.5) is 16.2 Å². The molecule has 2 aromatic rings. The van der Waals surface area contributed by atoms with Crippen LogP contribution in [0.25, 0.3) is 11.2 Å². The number of hydrogen-bond acceptors (Lipinski definition) is 8. The molecule has 3 heterocycles. The normalized spacial score (nSPS) is 23.7. The highest BCUT2D eigenvalue weighted by atomic mass is 32.2. The molecule has 0 amide bonds. The molecule has 2 fully saturated rings. The fourth-order valence-corrected chi connectivity index (χ4v) is 4.90. The van der Waals surface area contributed by atoms with Crippen LogP contribution in [0.1, 0.15) is 19.8 Å². The summed E-state index contributed by atoms with van der Waals surface area (Å²) in [5, 5.41) is 15.8. The van der Waals surface area contributed by atoms with Crippen molar-refractivity contribution in [1.82, 2.24) is 28.5 Å². The average Bonchev–Trinajstić information content (AvgIpc) is 3.38. The van der Waals surface area contributed by atoms with Crippen LogP contribution in [-0.4, -0.2) is 81.8 Å². The van der Waals surface area contributed by atoms with Gasteiger partial charge in [0, 0.05) is 26.7 Å². The first kappa shape index (κ1) is 21.2. The monoisotopic (exact) mass is 442 g/mol. The number of aryl methyl sites for hydroxylation is 1. The van der Waals surface area contributed by atoms with Crippen molar-refractivity contribution in [2.75, 3.05) is 36.9 Å². The molecule has 4 N–H and O–H groups in total. The van der Waals surface area contributed by atoms with Crippen molar-refractivity contribution >= 4 is 33.1 Å². The third-order valence-electron chi connectivity index (χ3n) is 5.47. The lowest BCUT2D eigenvalue weighted by Crippen LogP contribution is -2.40. The molecule has 2 unspecified atom stereocenters. The van der Waals surface area contributed by atoms with Crippen molar-refractivity contribution in [3.05, 3.63) is 6.33 Å². The molecule has 0 bridgehead atoms. The summed E-state index contributed by atoms with van der Waals surface area (Å²) in [5.41, 5.74) is 1.02. The Balaban J connectivity index is 1.58. The van der Waals surface area contributed by atoms with E-state index in [9.17, 15) is 17.9 Å². The van der Waals surface area contributed by atoms with E-state index >= 15 is 0 Å². The SMILES string of the molecule is CCNS(=O)(=O)N1CC(F)C(Nc2nc(N[C@@H](CO)C3CC3)nc3c2ncn3C)C1. The molecular weight excluding hydrogens is 415 g/mol. The second kappa shape index (κ2) is 8.21. The third-order valence-corrected chi connectivity index (χ3v) is 7.10. The first-order chi connectivity index (χ1) is 14.3. The summed E-state index contributed by atoms with van der Waals surface area (Å²) in [4.78, 5) is 13.2. The van der Waals surface area contributed by atoms with Gasteiger partial charge in [-0.3, -0.25) is 0 Å². The highest BCUT2D eigenvalue weighted by Gasteiger charge is 2.39. The third kappa shape index (κ3) is 4.19. The summed E-state index contributed by atoms with van der Waals surface area (Å²) >= 11 is 0. The Morgan fingerprint density at radius 1 is 1.33 bits per heavy atom. The Labute approximate surface area is 174 Å². The fourth-order valence-electron chi connectivity index (χ4n) is 3.66. The Bertz CT molecular complexity index is 1010. The Morgan fingerprint density at radius 3 is 2.77 bits per heavy atom. The van der Waals surface area contributed by atoms with Crippen LogP contribution in [-0.2, 0) is 17.3 Å². The largest absolute Gasteiger partial charge is 0.394 e. The number of fused-ring (bicyclic) bond motifs is 1. The number of imidazole rings is 1. The smallest absolute Gasteiger partial charge is 0.279 e. The van der Waals surface area contributed by atoms with Crippen molar-refractivity contribution in [2.24, 2.45) is 13.0 Å². The number of nitrogens with one attached hydrogen (secondary N) is 3. The second-order valence-electron chi connectivity index (χ2n) is 7.78. The van der Waals surface area contributed by atoms with E-state index in [1.165, 1.54) is 0 Å². The number of rotatable bonds is 9. The van der Waals surface area contributed by atoms with E-state index in [1.807, 2.05) is 0 Å². The standard InChI is InChI=1S/C17H27FN8O3S/c1-3-20-30(28,29)26-6-11(18)12(7-26)21-15-14-16(25(2)9-19-14)24-17(23-15)22-13(8-27)10-4-5-10/h9-13,20,27H,3-8H2,1-2H3,(H2,21,22,23,24)/t11?,12?,13-/m0/s1. The van der Waals surface area contributed by atoms with E-state index in [2.05, 4.69) is 30.3 Å². The van der Waals surface area contributed by atoms with Crippen LogP contribution in [0.5, 0.6) is 0 Å². The molecule has 1 saturated heterocycles. The van der Waals surface area contributed by atoms with Gasteiger partial charge in [-0.25, -0.2) is 14.1 Å². The summed E-state index contributed by atoms with van der Waals surface area (Å²) in [6.45, 7) is 1.61. The molecule has 166 valence electrons. The van der Waals surface area contributed by atoms with E-state index in [0.717, 1.165) is 17.1 Å². The summed E-state index contributed by atoms with van der Waals surface area (Å²) in [5.74, 6) is 1.02. The van der Waals surface area contributed by atoms with Gasteiger partial charge < -0.3 is 20.3 Å². The minimum Gasteiger partial charge on any atom is -0.394 e. The van der Waals surface area contributed by atoms with Crippen LogP contribution in [0.2, 0.25) is 0 Å². The van der Waals surface area contributed by atoms with Gasteiger partial charge in [-0.2, -0.15) is 22.7 Å². The summed E-state index contributed by atoms with van der Waals surface area (Å²) in [6, 6.07) is -0.923. The number of aliphatic hydroxyl groups excluding tert-OH is 1. The minimum absolute atomic E-state index is 0.0288. The molecule has 1 aliphatic carbocycles. The van der Waals surface area contributed by atoms with Crippen molar-refractivity contribution in [3.63, 3.8) is 0 Å². The summed E-state index contributed by atoms with van der Waals surface area (Å²) < 4.78 is 44.3. The molecule has 30 heavy (non-hydrogen) atoms. The number of alkyl halides is 1. The Morgan fingerprint density at radius 2 is 2.10 bits per heavy atom. The molecule has 3 atom stereocenters. The summed E-state index contributed by atoms with van der Waals surface area (Å²) in [7, 11) is -1.94. The number of halogens is 1. The average molecular weight is 443 g/mol. The lowest BCUT2D eigenvalue weighted by Gasteiger charge is -2.19. The Kier molecular flexibility index (Phi) is 5.79. The molecule has 0 radical (unpaired) electrons. The molecule has 11 nitrogen and oxygen atoms in total. The first-order valence-electron chi connectivity index (χ1n) is 10.0. The number of nitrogens with zero attached hydrogens (tertiary/aromatic N) is 5. The van der Waals surface area contributed by atoms with E-state index < -0.39 is 22.4 Å². The lowest BCUT2D eigenvalue weighted by molar-refractivity contribution is 0.263. The number of hydrogen-bond donors (Lipinski definition) is 4. The quantitative estimate of drug-likeness (QED) is 0.420. The van der Waals surface area contributed by atoms with Crippen LogP contribution in [0, 0.1) is 5.92 Å². The maximum absolute atomic E-state index is 14.7. The predicted molar refractivity (Wildman–Crippen MR) is 110 cm³/mol. The van der Waals surface area contributed by atoms with E-state index in [1.54, 1.807) is 24.9 Å². The zero-order chi connectivity index (χ0) is 21.5. The molecular formula is C17H27FN8O3S. The van der Waals surface area contributed by atoms with Crippen LogP contribution in [0.3, 0.4) is 0 Å². The fraction of sp³-hybridized carbons (Fsp3) is 0.706. The molecule has 2 aliphatic rings. The molecule has 0 aromatic carbocycles. The van der Waals surface area contributed by atoms with Gasteiger partial charge in [0.25, 0.3) is 10.2 Å². The van der Waals surface area contributed by atoms with Gasteiger partial charge in [-0.1, -0.05) is 6.92 Å². The van der Waals surface area contributed by atoms with E-state index in [4.69, 9.17) is 0 Å². The van der Waals surface area contributed by atoms with Gasteiger partial charge in [-0.05, 0) is 18.8 Å². The maximum atomic E-state index is 14.7. The maximum Gasteiger partial charge on any atom is 0.279 e. The topological polar surface area (TPSA) is 137 Å².